The van der Waals surface area contributed by atoms with Crippen LogP contribution in [0.3, 0.4) is 0 Å². The average Bonchev–Trinajstić information content (AvgIpc) is 2.49. The molecule has 0 aromatic heterocycles. The molecule has 0 saturated carbocycles. The van der Waals surface area contributed by atoms with Gasteiger partial charge < -0.3 is 20.1 Å². The number of amides is 1. The molecule has 2 aliphatic heterocycles. The number of nitrogens with zero attached hydrogens (tertiary/aromatic N) is 1. The molecule has 0 aliphatic carbocycles. The quantitative estimate of drug-likeness (QED) is 0.787. The highest BCUT2D eigenvalue weighted by molar-refractivity contribution is 5.78. The molecule has 0 aromatic carbocycles. The molecule has 2 saturated heterocycles. The predicted octanol–water partition coefficient (Wildman–Crippen LogP) is 0.858. The Balaban J connectivity index is 1.84. The standard InChI is InChI=1S/C15H26N2O4/c1-2-3-15(14(19)20)4-7-17(8-5-15)13(18)10-12-11-16-6-9-21-12/h12,16H,2-11H2,1H3,(H,19,20). The number of nitrogens with one attached hydrogen (secondary N) is 1. The van der Waals surface area contributed by atoms with E-state index in [4.69, 9.17) is 4.74 Å². The minimum absolute atomic E-state index is 0.0481. The number of carboxylic acid groups (broad SMARTS) is 1. The monoisotopic (exact) mass is 298 g/mol. The van der Waals surface area contributed by atoms with Gasteiger partial charge in [0.1, 0.15) is 0 Å². The zero-order valence-corrected chi connectivity index (χ0v) is 12.8. The van der Waals surface area contributed by atoms with Gasteiger partial charge in [-0.25, -0.2) is 0 Å². The number of rotatable bonds is 5. The first-order chi connectivity index (χ1) is 10.1. The van der Waals surface area contributed by atoms with Gasteiger partial charge in [0.25, 0.3) is 0 Å². The normalized spacial score (nSPS) is 25.6. The van der Waals surface area contributed by atoms with Crippen molar-refractivity contribution in [1.29, 1.82) is 0 Å². The van der Waals surface area contributed by atoms with Crippen molar-refractivity contribution >= 4 is 11.9 Å². The summed E-state index contributed by atoms with van der Waals surface area (Å²) in [4.78, 5) is 25.6. The number of carbonyl (C=O) groups is 2. The number of carboxylic acids is 1. The summed E-state index contributed by atoms with van der Waals surface area (Å²) in [6.45, 7) is 5.31. The van der Waals surface area contributed by atoms with Gasteiger partial charge in [-0.1, -0.05) is 13.3 Å². The lowest BCUT2D eigenvalue weighted by Crippen LogP contribution is -2.48. The van der Waals surface area contributed by atoms with E-state index in [1.165, 1.54) is 0 Å². The number of aliphatic carboxylic acids is 1. The highest BCUT2D eigenvalue weighted by atomic mass is 16.5. The van der Waals surface area contributed by atoms with Gasteiger partial charge in [0.05, 0.1) is 24.5 Å². The predicted molar refractivity (Wildman–Crippen MR) is 78.0 cm³/mol. The second-order valence-electron chi connectivity index (χ2n) is 6.12. The third kappa shape index (κ3) is 3.95. The zero-order valence-electron chi connectivity index (χ0n) is 12.8. The van der Waals surface area contributed by atoms with Crippen LogP contribution in [0.2, 0.25) is 0 Å². The van der Waals surface area contributed by atoms with Crippen LogP contribution in [0.5, 0.6) is 0 Å². The molecule has 6 heteroatoms. The lowest BCUT2D eigenvalue weighted by Gasteiger charge is -2.39. The number of morpholine rings is 1. The van der Waals surface area contributed by atoms with Gasteiger partial charge >= 0.3 is 5.97 Å². The fourth-order valence-corrected chi connectivity index (χ4v) is 3.31. The van der Waals surface area contributed by atoms with Gasteiger partial charge in [0.2, 0.25) is 5.91 Å². The van der Waals surface area contributed by atoms with Gasteiger partial charge in [-0.2, -0.15) is 0 Å². The van der Waals surface area contributed by atoms with Gasteiger partial charge in [0, 0.05) is 26.2 Å². The number of piperidine rings is 1. The van der Waals surface area contributed by atoms with Crippen molar-refractivity contribution in [3.8, 4) is 0 Å². The molecule has 120 valence electrons. The van der Waals surface area contributed by atoms with Crippen molar-refractivity contribution in [3.63, 3.8) is 0 Å². The summed E-state index contributed by atoms with van der Waals surface area (Å²) in [6.07, 6.45) is 3.02. The minimum atomic E-state index is -0.712. The summed E-state index contributed by atoms with van der Waals surface area (Å²) in [7, 11) is 0. The maximum Gasteiger partial charge on any atom is 0.309 e. The molecule has 2 aliphatic rings. The molecule has 0 bridgehead atoms. The summed E-state index contributed by atoms with van der Waals surface area (Å²) >= 11 is 0. The molecule has 6 nitrogen and oxygen atoms in total. The van der Waals surface area contributed by atoms with Crippen LogP contribution in [-0.2, 0) is 14.3 Å². The maximum absolute atomic E-state index is 12.3. The average molecular weight is 298 g/mol. The summed E-state index contributed by atoms with van der Waals surface area (Å²) < 4.78 is 5.55. The number of likely N-dealkylation sites (tertiary alicyclic amines) is 1. The SMILES string of the molecule is CCCC1(C(=O)O)CCN(C(=O)CC2CNCCO2)CC1. The largest absolute Gasteiger partial charge is 0.481 e. The second kappa shape index (κ2) is 7.22. The first kappa shape index (κ1) is 16.2. The molecule has 1 atom stereocenters. The molecule has 0 spiro atoms. The van der Waals surface area contributed by atoms with Crippen LogP contribution >= 0.6 is 0 Å². The Morgan fingerprint density at radius 1 is 1.38 bits per heavy atom. The summed E-state index contributed by atoms with van der Waals surface area (Å²) in [5.41, 5.74) is -0.631. The van der Waals surface area contributed by atoms with Crippen LogP contribution in [0, 0.1) is 5.41 Å². The molecule has 21 heavy (non-hydrogen) atoms. The summed E-state index contributed by atoms with van der Waals surface area (Å²) in [6, 6.07) is 0. The molecule has 0 aromatic rings. The third-order valence-electron chi connectivity index (χ3n) is 4.66. The smallest absolute Gasteiger partial charge is 0.309 e. The summed E-state index contributed by atoms with van der Waals surface area (Å²) in [5.74, 6) is -0.629. The van der Waals surface area contributed by atoms with E-state index in [0.717, 1.165) is 13.0 Å². The zero-order chi connectivity index (χ0) is 15.3. The highest BCUT2D eigenvalue weighted by Gasteiger charge is 2.41. The first-order valence-corrected chi connectivity index (χ1v) is 7.91. The Morgan fingerprint density at radius 2 is 2.10 bits per heavy atom. The van der Waals surface area contributed by atoms with Crippen molar-refractivity contribution in [2.24, 2.45) is 5.41 Å². The van der Waals surface area contributed by atoms with Crippen LogP contribution in [0.25, 0.3) is 0 Å². The van der Waals surface area contributed by atoms with E-state index < -0.39 is 11.4 Å². The molecule has 2 fully saturated rings. The molecule has 2 rings (SSSR count). The third-order valence-corrected chi connectivity index (χ3v) is 4.66. The molecule has 0 radical (unpaired) electrons. The Kier molecular flexibility index (Phi) is 5.58. The molecular formula is C15H26N2O4. The van der Waals surface area contributed by atoms with Crippen molar-refractivity contribution in [2.75, 3.05) is 32.8 Å². The van der Waals surface area contributed by atoms with E-state index in [2.05, 4.69) is 5.32 Å². The second-order valence-corrected chi connectivity index (χ2v) is 6.12. The van der Waals surface area contributed by atoms with Crippen molar-refractivity contribution < 1.29 is 19.4 Å². The fraction of sp³-hybridized carbons (Fsp3) is 0.867. The van der Waals surface area contributed by atoms with Gasteiger partial charge in [-0.15, -0.1) is 0 Å². The molecule has 1 amide bonds. The van der Waals surface area contributed by atoms with E-state index in [-0.39, 0.29) is 12.0 Å². The lowest BCUT2D eigenvalue weighted by molar-refractivity contribution is -0.155. The van der Waals surface area contributed by atoms with E-state index in [0.29, 0.717) is 51.9 Å². The number of carbonyl (C=O) groups excluding carboxylic acids is 1. The van der Waals surface area contributed by atoms with E-state index in [1.807, 2.05) is 6.92 Å². The van der Waals surface area contributed by atoms with Crippen LogP contribution in [0.1, 0.15) is 39.0 Å². The Labute approximate surface area is 125 Å². The maximum atomic E-state index is 12.3. The van der Waals surface area contributed by atoms with Crippen molar-refractivity contribution in [2.45, 2.75) is 45.1 Å². The number of hydrogen-bond donors (Lipinski definition) is 2. The molecule has 2 heterocycles. The van der Waals surface area contributed by atoms with Crippen molar-refractivity contribution in [1.82, 2.24) is 10.2 Å². The van der Waals surface area contributed by atoms with Crippen LogP contribution in [-0.4, -0.2) is 60.8 Å². The number of ether oxygens (including phenoxy) is 1. The van der Waals surface area contributed by atoms with E-state index in [1.54, 1.807) is 4.90 Å². The van der Waals surface area contributed by atoms with Crippen molar-refractivity contribution in [3.05, 3.63) is 0 Å². The first-order valence-electron chi connectivity index (χ1n) is 7.91. The van der Waals surface area contributed by atoms with Gasteiger partial charge in [0.15, 0.2) is 0 Å². The number of hydrogen-bond acceptors (Lipinski definition) is 4. The topological polar surface area (TPSA) is 78.9 Å². The van der Waals surface area contributed by atoms with E-state index >= 15 is 0 Å². The molecule has 1 unspecified atom stereocenters. The fourth-order valence-electron chi connectivity index (χ4n) is 3.31. The Hall–Kier alpha value is -1.14. The highest BCUT2D eigenvalue weighted by Crippen LogP contribution is 2.36. The van der Waals surface area contributed by atoms with Crippen LogP contribution < -0.4 is 5.32 Å². The summed E-state index contributed by atoms with van der Waals surface area (Å²) in [5, 5.41) is 12.7. The minimum Gasteiger partial charge on any atom is -0.481 e. The Bertz CT molecular complexity index is 372. The van der Waals surface area contributed by atoms with Crippen LogP contribution in [0.15, 0.2) is 0 Å². The molecular weight excluding hydrogens is 272 g/mol. The van der Waals surface area contributed by atoms with Crippen LogP contribution in [0.4, 0.5) is 0 Å². The lowest BCUT2D eigenvalue weighted by atomic mass is 9.75. The Morgan fingerprint density at radius 3 is 2.62 bits per heavy atom. The molecule has 2 N–H and O–H groups in total. The van der Waals surface area contributed by atoms with Gasteiger partial charge in [-0.05, 0) is 19.3 Å². The van der Waals surface area contributed by atoms with E-state index in [9.17, 15) is 14.7 Å². The van der Waals surface area contributed by atoms with Gasteiger partial charge in [-0.3, -0.25) is 9.59 Å².